The van der Waals surface area contributed by atoms with E-state index in [4.69, 9.17) is 20.9 Å². The molecule has 3 N–H and O–H groups in total. The fraction of sp³-hybridized carbons (Fsp3) is 1.00. The first-order valence-corrected chi connectivity index (χ1v) is 2.19. The van der Waals surface area contributed by atoms with E-state index >= 15 is 0 Å². The van der Waals surface area contributed by atoms with Crippen LogP contribution in [0.15, 0.2) is 5.11 Å². The van der Waals surface area contributed by atoms with Gasteiger partial charge in [0, 0.05) is 4.91 Å². The molecule has 0 aliphatic carbocycles. The van der Waals surface area contributed by atoms with Crippen LogP contribution in [0.3, 0.4) is 0 Å². The third kappa shape index (κ3) is 2.29. The van der Waals surface area contributed by atoms with Crippen LogP contribution >= 0.6 is 0 Å². The van der Waals surface area contributed by atoms with Crippen molar-refractivity contribution >= 4 is 0 Å². The highest BCUT2D eigenvalue weighted by molar-refractivity contribution is 4.72. The predicted octanol–water partition coefficient (Wildman–Crippen LogP) is -1.03. The molecule has 0 atom stereocenters. The van der Waals surface area contributed by atoms with Crippen LogP contribution in [0.5, 0.6) is 0 Å². The zero-order valence-corrected chi connectivity index (χ0v) is 4.60. The molecule has 0 aromatic heterocycles. The number of hydrogen-bond acceptors (Lipinski definition) is 4. The predicted molar refractivity (Wildman–Crippen MR) is 28.3 cm³/mol. The molecular weight excluding hydrogens is 126 g/mol. The van der Waals surface area contributed by atoms with Crippen LogP contribution in [-0.4, -0.2) is 34.3 Å². The van der Waals surface area contributed by atoms with Crippen LogP contribution in [0.25, 0.3) is 10.4 Å². The standard InChI is InChI=1S/C3H7N3O3/c4-6-5-3(9,1-7)2-8/h7-9H,1-2H2. The van der Waals surface area contributed by atoms with Crippen LogP contribution in [0, 0.1) is 0 Å². The van der Waals surface area contributed by atoms with E-state index in [-0.39, 0.29) is 0 Å². The second-order valence-corrected chi connectivity index (χ2v) is 1.49. The fourth-order valence-electron chi connectivity index (χ4n) is 0.196. The van der Waals surface area contributed by atoms with Crippen LogP contribution in [0.2, 0.25) is 0 Å². The minimum atomic E-state index is -2.05. The topological polar surface area (TPSA) is 109 Å². The molecule has 6 heteroatoms. The number of aliphatic hydroxyl groups excluding tert-OH is 2. The van der Waals surface area contributed by atoms with Crippen molar-refractivity contribution in [3.05, 3.63) is 10.4 Å². The lowest BCUT2D eigenvalue weighted by Crippen LogP contribution is -2.34. The molecule has 0 aliphatic heterocycles. The van der Waals surface area contributed by atoms with Crippen molar-refractivity contribution in [2.24, 2.45) is 5.11 Å². The molecule has 0 aliphatic rings. The van der Waals surface area contributed by atoms with Gasteiger partial charge in [0.1, 0.15) is 0 Å². The number of azide groups is 1. The monoisotopic (exact) mass is 133 g/mol. The largest absolute Gasteiger partial charge is 0.393 e. The zero-order valence-electron chi connectivity index (χ0n) is 4.60. The van der Waals surface area contributed by atoms with Crippen molar-refractivity contribution in [1.82, 2.24) is 0 Å². The van der Waals surface area contributed by atoms with E-state index in [1.54, 1.807) is 0 Å². The van der Waals surface area contributed by atoms with Crippen LogP contribution in [0.1, 0.15) is 0 Å². The first-order chi connectivity index (χ1) is 4.18. The smallest absolute Gasteiger partial charge is 0.189 e. The van der Waals surface area contributed by atoms with Gasteiger partial charge in [0.05, 0.1) is 13.2 Å². The van der Waals surface area contributed by atoms with Crippen molar-refractivity contribution in [1.29, 1.82) is 0 Å². The minimum Gasteiger partial charge on any atom is -0.393 e. The molecular formula is C3H7N3O3. The van der Waals surface area contributed by atoms with Gasteiger partial charge in [0.25, 0.3) is 0 Å². The molecule has 0 spiro atoms. The van der Waals surface area contributed by atoms with E-state index in [9.17, 15) is 0 Å². The Morgan fingerprint density at radius 2 is 1.89 bits per heavy atom. The highest BCUT2D eigenvalue weighted by atomic mass is 16.4. The summed E-state index contributed by atoms with van der Waals surface area (Å²) in [5.74, 6) is 0. The summed E-state index contributed by atoms with van der Waals surface area (Å²) in [5.41, 5.74) is 5.69. The van der Waals surface area contributed by atoms with Crippen molar-refractivity contribution in [2.45, 2.75) is 5.72 Å². The second kappa shape index (κ2) is 3.26. The normalized spacial score (nSPS) is 10.6. The molecule has 9 heavy (non-hydrogen) atoms. The Kier molecular flexibility index (Phi) is 2.97. The van der Waals surface area contributed by atoms with Crippen LogP contribution in [0.4, 0.5) is 0 Å². The van der Waals surface area contributed by atoms with Gasteiger partial charge in [-0.05, 0) is 5.53 Å². The molecule has 52 valence electrons. The Morgan fingerprint density at radius 3 is 2.00 bits per heavy atom. The molecule has 0 amide bonds. The Bertz CT molecular complexity index is 126. The third-order valence-corrected chi connectivity index (χ3v) is 0.737. The second-order valence-electron chi connectivity index (χ2n) is 1.49. The van der Waals surface area contributed by atoms with Gasteiger partial charge in [-0.1, -0.05) is 5.11 Å². The summed E-state index contributed by atoms with van der Waals surface area (Å²) < 4.78 is 0. The molecule has 0 aromatic carbocycles. The summed E-state index contributed by atoms with van der Waals surface area (Å²) in [4.78, 5) is 2.20. The Morgan fingerprint density at radius 1 is 1.44 bits per heavy atom. The molecule has 0 heterocycles. The SMILES string of the molecule is [N-]=[N+]=NC(O)(CO)CO. The summed E-state index contributed by atoms with van der Waals surface area (Å²) in [5, 5.41) is 27.9. The average molecular weight is 133 g/mol. The van der Waals surface area contributed by atoms with Gasteiger partial charge in [0.15, 0.2) is 5.72 Å². The van der Waals surface area contributed by atoms with Gasteiger partial charge in [0.2, 0.25) is 0 Å². The first-order valence-electron chi connectivity index (χ1n) is 2.19. The van der Waals surface area contributed by atoms with E-state index in [1.165, 1.54) is 0 Å². The van der Waals surface area contributed by atoms with Crippen LogP contribution < -0.4 is 0 Å². The van der Waals surface area contributed by atoms with Crippen molar-refractivity contribution in [3.8, 4) is 0 Å². The molecule has 0 fully saturated rings. The number of hydrogen-bond donors (Lipinski definition) is 3. The van der Waals surface area contributed by atoms with Gasteiger partial charge >= 0.3 is 0 Å². The Hall–Kier alpha value is -0.810. The number of rotatable bonds is 3. The molecule has 0 unspecified atom stereocenters. The van der Waals surface area contributed by atoms with E-state index in [1.807, 2.05) is 0 Å². The number of nitrogens with zero attached hydrogens (tertiary/aromatic N) is 3. The summed E-state index contributed by atoms with van der Waals surface area (Å²) >= 11 is 0. The highest BCUT2D eigenvalue weighted by Gasteiger charge is 2.22. The maximum atomic E-state index is 8.71. The van der Waals surface area contributed by atoms with Gasteiger partial charge in [-0.15, -0.1) is 0 Å². The van der Waals surface area contributed by atoms with Gasteiger partial charge < -0.3 is 15.3 Å². The Balaban J connectivity index is 4.08. The van der Waals surface area contributed by atoms with Crippen molar-refractivity contribution in [3.63, 3.8) is 0 Å². The van der Waals surface area contributed by atoms with E-state index < -0.39 is 18.9 Å². The average Bonchev–Trinajstić information content (AvgIpc) is 1.89. The van der Waals surface area contributed by atoms with E-state index in [0.29, 0.717) is 0 Å². The van der Waals surface area contributed by atoms with Gasteiger partial charge in [-0.2, -0.15) is 0 Å². The fourth-order valence-corrected chi connectivity index (χ4v) is 0.196. The molecule has 0 saturated carbocycles. The molecule has 0 rings (SSSR count). The quantitative estimate of drug-likeness (QED) is 0.260. The molecule has 6 nitrogen and oxygen atoms in total. The summed E-state index contributed by atoms with van der Waals surface area (Å²) in [6, 6.07) is 0. The lowest BCUT2D eigenvalue weighted by Gasteiger charge is -2.14. The minimum absolute atomic E-state index is 0.784. The van der Waals surface area contributed by atoms with Crippen molar-refractivity contribution < 1.29 is 15.3 Å². The first kappa shape index (κ1) is 8.19. The summed E-state index contributed by atoms with van der Waals surface area (Å²) in [7, 11) is 0. The van der Waals surface area contributed by atoms with E-state index in [0.717, 1.165) is 0 Å². The van der Waals surface area contributed by atoms with Crippen molar-refractivity contribution in [2.75, 3.05) is 13.2 Å². The van der Waals surface area contributed by atoms with Gasteiger partial charge in [-0.3, -0.25) is 0 Å². The third-order valence-electron chi connectivity index (χ3n) is 0.737. The Labute approximate surface area is 51.0 Å². The summed E-state index contributed by atoms with van der Waals surface area (Å²) in [6.45, 7) is -1.57. The molecule has 0 saturated heterocycles. The van der Waals surface area contributed by atoms with Gasteiger partial charge in [-0.25, -0.2) is 0 Å². The maximum absolute atomic E-state index is 8.71. The highest BCUT2D eigenvalue weighted by Crippen LogP contribution is 2.02. The lowest BCUT2D eigenvalue weighted by molar-refractivity contribution is -0.0491. The lowest BCUT2D eigenvalue weighted by atomic mass is 10.3. The van der Waals surface area contributed by atoms with Crippen LogP contribution in [-0.2, 0) is 0 Å². The summed E-state index contributed by atoms with van der Waals surface area (Å²) in [6.07, 6.45) is 0. The molecule has 0 aromatic rings. The zero-order chi connectivity index (χ0) is 7.33. The molecule has 0 bridgehead atoms. The number of aliphatic hydroxyl groups is 3. The maximum Gasteiger partial charge on any atom is 0.189 e. The molecule has 0 radical (unpaired) electrons. The van der Waals surface area contributed by atoms with E-state index in [2.05, 4.69) is 10.0 Å².